The van der Waals surface area contributed by atoms with Gasteiger partial charge in [-0.2, -0.15) is 0 Å². The van der Waals surface area contributed by atoms with E-state index in [1.54, 1.807) is 75.1 Å². The van der Waals surface area contributed by atoms with E-state index in [1.165, 1.54) is 0 Å². The van der Waals surface area contributed by atoms with E-state index in [0.29, 0.717) is 34.2 Å². The van der Waals surface area contributed by atoms with E-state index < -0.39 is 0 Å². The maximum atomic E-state index is 12.4. The fraction of sp³-hybridized carbons (Fsp3) is 0.100. The Kier molecular flexibility index (Phi) is 5.34. The summed E-state index contributed by atoms with van der Waals surface area (Å²) in [5.74, 6) is 2.21. The number of hydrogen-bond acceptors (Lipinski definition) is 5. The van der Waals surface area contributed by atoms with E-state index >= 15 is 0 Å². The van der Waals surface area contributed by atoms with Gasteiger partial charge in [-0.15, -0.1) is 0 Å². The third-order valence-corrected chi connectivity index (χ3v) is 3.60. The van der Waals surface area contributed by atoms with Crippen molar-refractivity contribution in [1.29, 1.82) is 0 Å². The number of amides is 1. The molecule has 1 heterocycles. The highest BCUT2D eigenvalue weighted by molar-refractivity contribution is 6.04. The van der Waals surface area contributed by atoms with Gasteiger partial charge in [-0.3, -0.25) is 9.78 Å². The zero-order valence-corrected chi connectivity index (χ0v) is 14.4. The number of carbonyl (C=O) groups excluding carboxylic acids is 1. The van der Waals surface area contributed by atoms with Gasteiger partial charge in [-0.1, -0.05) is 0 Å². The Balaban J connectivity index is 1.70. The molecule has 0 atom stereocenters. The first-order chi connectivity index (χ1) is 12.7. The van der Waals surface area contributed by atoms with E-state index in [9.17, 15) is 4.79 Å². The monoisotopic (exact) mass is 350 g/mol. The summed E-state index contributed by atoms with van der Waals surface area (Å²) < 4.78 is 16.1. The Hall–Kier alpha value is -3.54. The minimum Gasteiger partial charge on any atom is -0.497 e. The molecule has 1 aromatic heterocycles. The number of rotatable bonds is 6. The normalized spacial score (nSPS) is 10.1. The van der Waals surface area contributed by atoms with Crippen LogP contribution in [0.1, 0.15) is 10.4 Å². The van der Waals surface area contributed by atoms with Gasteiger partial charge in [0.15, 0.2) is 0 Å². The number of nitrogens with one attached hydrogen (secondary N) is 1. The van der Waals surface area contributed by atoms with E-state index in [4.69, 9.17) is 14.2 Å². The van der Waals surface area contributed by atoms with Gasteiger partial charge >= 0.3 is 0 Å². The van der Waals surface area contributed by atoms with Crippen LogP contribution >= 0.6 is 0 Å². The van der Waals surface area contributed by atoms with Gasteiger partial charge in [0.05, 0.1) is 20.4 Å². The summed E-state index contributed by atoms with van der Waals surface area (Å²) in [4.78, 5) is 16.4. The van der Waals surface area contributed by atoms with Crippen LogP contribution in [0.15, 0.2) is 67.0 Å². The molecular formula is C20H18N2O4. The zero-order valence-electron chi connectivity index (χ0n) is 14.4. The quantitative estimate of drug-likeness (QED) is 0.723. The molecule has 0 saturated heterocycles. The maximum absolute atomic E-state index is 12.4. The molecule has 3 rings (SSSR count). The first-order valence-electron chi connectivity index (χ1n) is 7.90. The molecule has 0 fully saturated rings. The van der Waals surface area contributed by atoms with Gasteiger partial charge in [0.25, 0.3) is 5.91 Å². The number of hydrogen-bond donors (Lipinski definition) is 1. The number of methoxy groups -OCH3 is 2. The Morgan fingerprint density at radius 3 is 2.15 bits per heavy atom. The smallest absolute Gasteiger partial charge is 0.255 e. The van der Waals surface area contributed by atoms with Crippen molar-refractivity contribution in [3.8, 4) is 23.0 Å². The van der Waals surface area contributed by atoms with Gasteiger partial charge in [0.2, 0.25) is 0 Å². The van der Waals surface area contributed by atoms with Gasteiger partial charge in [-0.25, -0.2) is 0 Å². The molecule has 0 radical (unpaired) electrons. The molecule has 2 aromatic carbocycles. The Morgan fingerprint density at radius 1 is 0.885 bits per heavy atom. The van der Waals surface area contributed by atoms with Crippen LogP contribution in [0.3, 0.4) is 0 Å². The van der Waals surface area contributed by atoms with Crippen LogP contribution < -0.4 is 19.5 Å². The summed E-state index contributed by atoms with van der Waals surface area (Å²) in [6.07, 6.45) is 3.30. The largest absolute Gasteiger partial charge is 0.497 e. The van der Waals surface area contributed by atoms with E-state index in [1.807, 2.05) is 6.07 Å². The van der Waals surface area contributed by atoms with Gasteiger partial charge < -0.3 is 19.5 Å². The van der Waals surface area contributed by atoms with E-state index in [-0.39, 0.29) is 5.91 Å². The third kappa shape index (κ3) is 4.30. The summed E-state index contributed by atoms with van der Waals surface area (Å²) in [7, 11) is 3.11. The third-order valence-electron chi connectivity index (χ3n) is 3.60. The zero-order chi connectivity index (χ0) is 18.4. The minimum absolute atomic E-state index is 0.242. The number of pyridine rings is 1. The maximum Gasteiger partial charge on any atom is 0.255 e. The molecule has 1 amide bonds. The predicted octanol–water partition coefficient (Wildman–Crippen LogP) is 4.14. The van der Waals surface area contributed by atoms with Crippen LogP contribution in [0.5, 0.6) is 23.0 Å². The summed E-state index contributed by atoms with van der Waals surface area (Å²) in [5.41, 5.74) is 1.09. The second-order valence-corrected chi connectivity index (χ2v) is 5.37. The topological polar surface area (TPSA) is 69.7 Å². The standard InChI is InChI=1S/C20H18N2O4/c1-24-18-10-15(11-19(12-18)25-2)22-20(23)14-5-7-16(8-6-14)26-17-4-3-9-21-13-17/h3-13H,1-2H3,(H,22,23). The lowest BCUT2D eigenvalue weighted by atomic mass is 10.2. The SMILES string of the molecule is COc1cc(NC(=O)c2ccc(Oc3cccnc3)cc2)cc(OC)c1. The van der Waals surface area contributed by atoms with E-state index in [0.717, 1.165) is 0 Å². The number of nitrogens with zero attached hydrogens (tertiary/aromatic N) is 1. The summed E-state index contributed by atoms with van der Waals surface area (Å²) in [5, 5.41) is 2.83. The van der Waals surface area contributed by atoms with Crippen molar-refractivity contribution in [2.75, 3.05) is 19.5 Å². The average Bonchev–Trinajstić information content (AvgIpc) is 2.69. The molecule has 0 spiro atoms. The Bertz CT molecular complexity index is 858. The van der Waals surface area contributed by atoms with Crippen molar-refractivity contribution in [2.45, 2.75) is 0 Å². The molecule has 0 aliphatic carbocycles. The van der Waals surface area contributed by atoms with Crippen LogP contribution in [-0.4, -0.2) is 25.1 Å². The second kappa shape index (κ2) is 8.02. The van der Waals surface area contributed by atoms with Crippen molar-refractivity contribution >= 4 is 11.6 Å². The fourth-order valence-corrected chi connectivity index (χ4v) is 2.30. The van der Waals surface area contributed by atoms with Gasteiger partial charge in [0.1, 0.15) is 23.0 Å². The number of aromatic nitrogens is 1. The molecule has 6 nitrogen and oxygen atoms in total. The van der Waals surface area contributed by atoms with Crippen molar-refractivity contribution in [1.82, 2.24) is 4.98 Å². The number of carbonyl (C=O) groups is 1. The first-order valence-corrected chi connectivity index (χ1v) is 7.90. The highest BCUT2D eigenvalue weighted by Crippen LogP contribution is 2.26. The van der Waals surface area contributed by atoms with Crippen molar-refractivity contribution < 1.29 is 19.0 Å². The minimum atomic E-state index is -0.242. The molecule has 6 heteroatoms. The summed E-state index contributed by atoms with van der Waals surface area (Å²) >= 11 is 0. The molecule has 0 saturated carbocycles. The molecule has 1 N–H and O–H groups in total. The lowest BCUT2D eigenvalue weighted by Gasteiger charge is -2.10. The van der Waals surface area contributed by atoms with Crippen LogP contribution in [0, 0.1) is 0 Å². The fourth-order valence-electron chi connectivity index (χ4n) is 2.30. The molecule has 0 bridgehead atoms. The highest BCUT2D eigenvalue weighted by Gasteiger charge is 2.09. The van der Waals surface area contributed by atoms with Gasteiger partial charge in [-0.05, 0) is 36.4 Å². The molecule has 0 aliphatic heterocycles. The Morgan fingerprint density at radius 2 is 1.58 bits per heavy atom. The molecule has 132 valence electrons. The molecule has 0 aliphatic rings. The number of anilines is 1. The Labute approximate surface area is 151 Å². The first kappa shape index (κ1) is 17.3. The lowest BCUT2D eigenvalue weighted by molar-refractivity contribution is 0.102. The molecule has 0 unspecified atom stereocenters. The highest BCUT2D eigenvalue weighted by atomic mass is 16.5. The number of benzene rings is 2. The van der Waals surface area contributed by atoms with Crippen molar-refractivity contribution in [2.24, 2.45) is 0 Å². The second-order valence-electron chi connectivity index (χ2n) is 5.37. The van der Waals surface area contributed by atoms with Crippen molar-refractivity contribution in [3.05, 3.63) is 72.6 Å². The van der Waals surface area contributed by atoms with Crippen LogP contribution in [0.4, 0.5) is 5.69 Å². The van der Waals surface area contributed by atoms with Crippen molar-refractivity contribution in [3.63, 3.8) is 0 Å². The molecular weight excluding hydrogens is 332 g/mol. The predicted molar refractivity (Wildman–Crippen MR) is 98.3 cm³/mol. The van der Waals surface area contributed by atoms with Crippen LogP contribution in [-0.2, 0) is 0 Å². The molecule has 3 aromatic rings. The molecule has 26 heavy (non-hydrogen) atoms. The lowest BCUT2D eigenvalue weighted by Crippen LogP contribution is -2.11. The summed E-state index contributed by atoms with van der Waals surface area (Å²) in [6, 6.07) is 15.6. The van der Waals surface area contributed by atoms with Crippen LogP contribution in [0.2, 0.25) is 0 Å². The number of ether oxygens (including phenoxy) is 3. The van der Waals surface area contributed by atoms with E-state index in [2.05, 4.69) is 10.3 Å². The average molecular weight is 350 g/mol. The van der Waals surface area contributed by atoms with Gasteiger partial charge in [0, 0.05) is 35.6 Å². The van der Waals surface area contributed by atoms with Crippen LogP contribution in [0.25, 0.3) is 0 Å². The summed E-state index contributed by atoms with van der Waals surface area (Å²) in [6.45, 7) is 0.